The summed E-state index contributed by atoms with van der Waals surface area (Å²) >= 11 is 1.54. The Hall–Kier alpha value is -2.47. The summed E-state index contributed by atoms with van der Waals surface area (Å²) in [5, 5.41) is -0.310. The van der Waals surface area contributed by atoms with E-state index in [-0.39, 0.29) is 11.3 Å². The number of amides is 1. The number of nitrogens with zero attached hydrogens (tertiary/aromatic N) is 1. The number of hydrogen-bond acceptors (Lipinski definition) is 5. The number of methoxy groups -OCH3 is 1. The van der Waals surface area contributed by atoms with Crippen LogP contribution in [0.15, 0.2) is 47.4 Å². The molecule has 1 heterocycles. The molecule has 1 aliphatic heterocycles. The third-order valence-electron chi connectivity index (χ3n) is 3.60. The number of para-hydroxylation sites is 1. The number of rotatable bonds is 4. The number of benzene rings is 2. The summed E-state index contributed by atoms with van der Waals surface area (Å²) in [6.45, 7) is 1.91. The van der Waals surface area contributed by atoms with E-state index in [0.29, 0.717) is 23.5 Å². The Morgan fingerprint density at radius 1 is 1.26 bits per heavy atom. The Balaban J connectivity index is 2.11. The second-order valence-corrected chi connectivity index (χ2v) is 6.07. The van der Waals surface area contributed by atoms with Crippen molar-refractivity contribution in [1.29, 1.82) is 0 Å². The quantitative estimate of drug-likeness (QED) is 0.805. The number of carbonyl (C=O) groups excluding carboxylic acids is 2. The normalized spacial score (nSPS) is 15.9. The molecule has 0 bridgehead atoms. The average molecular weight is 329 g/mol. The van der Waals surface area contributed by atoms with Gasteiger partial charge >= 0.3 is 0 Å². The van der Waals surface area contributed by atoms with Gasteiger partial charge in [0.2, 0.25) is 5.91 Å². The highest BCUT2D eigenvalue weighted by molar-refractivity contribution is 8.00. The Morgan fingerprint density at radius 3 is 2.74 bits per heavy atom. The second kappa shape index (κ2) is 6.34. The van der Waals surface area contributed by atoms with E-state index in [0.717, 1.165) is 10.6 Å². The van der Waals surface area contributed by atoms with E-state index in [2.05, 4.69) is 0 Å². The highest BCUT2D eigenvalue weighted by Crippen LogP contribution is 2.53. The van der Waals surface area contributed by atoms with E-state index in [1.807, 2.05) is 24.3 Å². The molecule has 2 aromatic carbocycles. The standard InChI is InChI=1S/C17H15NO4S/c1-11(20)18-14-5-3-4-6-16(14)23-17(18)13-9-12(21-2)7-8-15(13)22-10-19/h3-10,17H,1-2H3. The van der Waals surface area contributed by atoms with Crippen LogP contribution in [-0.2, 0) is 9.59 Å². The summed E-state index contributed by atoms with van der Waals surface area (Å²) in [5.41, 5.74) is 1.57. The molecule has 2 aromatic rings. The fourth-order valence-corrected chi connectivity index (χ4v) is 3.96. The van der Waals surface area contributed by atoms with Crippen LogP contribution in [0.3, 0.4) is 0 Å². The Morgan fingerprint density at radius 2 is 2.04 bits per heavy atom. The number of ether oxygens (including phenoxy) is 2. The number of anilines is 1. The van der Waals surface area contributed by atoms with Gasteiger partial charge in [-0.25, -0.2) is 0 Å². The fraction of sp³-hybridized carbons (Fsp3) is 0.176. The average Bonchev–Trinajstić information content (AvgIpc) is 2.95. The van der Waals surface area contributed by atoms with Gasteiger partial charge in [-0.3, -0.25) is 14.5 Å². The van der Waals surface area contributed by atoms with Gasteiger partial charge in [-0.05, 0) is 30.3 Å². The number of fused-ring (bicyclic) bond motifs is 1. The van der Waals surface area contributed by atoms with Crippen molar-refractivity contribution in [3.8, 4) is 11.5 Å². The second-order valence-electron chi connectivity index (χ2n) is 4.94. The van der Waals surface area contributed by atoms with Gasteiger partial charge in [0.15, 0.2) is 0 Å². The van der Waals surface area contributed by atoms with Crippen molar-refractivity contribution < 1.29 is 19.1 Å². The van der Waals surface area contributed by atoms with Crippen LogP contribution in [0.25, 0.3) is 0 Å². The van der Waals surface area contributed by atoms with Crippen molar-refractivity contribution in [1.82, 2.24) is 0 Å². The molecule has 0 spiro atoms. The summed E-state index contributed by atoms with van der Waals surface area (Å²) in [6, 6.07) is 12.9. The molecule has 0 aliphatic carbocycles. The first-order chi connectivity index (χ1) is 11.2. The maximum atomic E-state index is 12.2. The largest absolute Gasteiger partial charge is 0.497 e. The van der Waals surface area contributed by atoms with Crippen molar-refractivity contribution in [3.63, 3.8) is 0 Å². The lowest BCUT2D eigenvalue weighted by Crippen LogP contribution is -2.28. The Bertz CT molecular complexity index is 762. The Labute approximate surface area is 138 Å². The fourth-order valence-electron chi connectivity index (χ4n) is 2.60. The van der Waals surface area contributed by atoms with Gasteiger partial charge in [0.25, 0.3) is 6.47 Å². The van der Waals surface area contributed by atoms with E-state index in [1.54, 1.807) is 30.2 Å². The minimum atomic E-state index is -0.310. The van der Waals surface area contributed by atoms with Crippen LogP contribution in [-0.4, -0.2) is 19.5 Å². The van der Waals surface area contributed by atoms with Crippen LogP contribution in [0.1, 0.15) is 17.9 Å². The molecule has 6 heteroatoms. The topological polar surface area (TPSA) is 55.8 Å². The highest BCUT2D eigenvalue weighted by Gasteiger charge is 2.35. The predicted octanol–water partition coefficient (Wildman–Crippen LogP) is 3.39. The van der Waals surface area contributed by atoms with E-state index in [1.165, 1.54) is 18.7 Å². The first-order valence-electron chi connectivity index (χ1n) is 6.99. The summed E-state index contributed by atoms with van der Waals surface area (Å²) in [7, 11) is 1.57. The number of hydrogen-bond donors (Lipinski definition) is 0. The van der Waals surface area contributed by atoms with E-state index in [9.17, 15) is 9.59 Å². The lowest BCUT2D eigenvalue weighted by molar-refractivity contribution is -0.120. The molecule has 0 saturated heterocycles. The molecule has 0 fully saturated rings. The van der Waals surface area contributed by atoms with Crippen molar-refractivity contribution in [2.45, 2.75) is 17.2 Å². The molecule has 1 aliphatic rings. The van der Waals surface area contributed by atoms with E-state index in [4.69, 9.17) is 9.47 Å². The minimum absolute atomic E-state index is 0.0766. The van der Waals surface area contributed by atoms with Crippen LogP contribution in [0.2, 0.25) is 0 Å². The molecular formula is C17H15NO4S. The zero-order valence-electron chi connectivity index (χ0n) is 12.7. The third kappa shape index (κ3) is 2.77. The van der Waals surface area contributed by atoms with Crippen molar-refractivity contribution in [2.75, 3.05) is 12.0 Å². The molecule has 23 heavy (non-hydrogen) atoms. The van der Waals surface area contributed by atoms with Crippen LogP contribution in [0, 0.1) is 0 Å². The van der Waals surface area contributed by atoms with Crippen molar-refractivity contribution in [3.05, 3.63) is 48.0 Å². The molecule has 5 nitrogen and oxygen atoms in total. The molecule has 0 saturated carbocycles. The van der Waals surface area contributed by atoms with E-state index >= 15 is 0 Å². The summed E-state index contributed by atoms with van der Waals surface area (Å²) < 4.78 is 10.4. The maximum Gasteiger partial charge on any atom is 0.298 e. The third-order valence-corrected chi connectivity index (χ3v) is 4.88. The molecule has 0 aromatic heterocycles. The number of thioether (sulfide) groups is 1. The van der Waals surface area contributed by atoms with Gasteiger partial charge in [-0.2, -0.15) is 0 Å². The maximum absolute atomic E-state index is 12.2. The smallest absolute Gasteiger partial charge is 0.298 e. The van der Waals surface area contributed by atoms with Crippen molar-refractivity contribution >= 4 is 29.8 Å². The monoisotopic (exact) mass is 329 g/mol. The number of carbonyl (C=O) groups is 2. The minimum Gasteiger partial charge on any atom is -0.497 e. The van der Waals surface area contributed by atoms with Crippen LogP contribution in [0.5, 0.6) is 11.5 Å². The summed E-state index contributed by atoms with van der Waals surface area (Å²) in [4.78, 5) is 25.7. The molecule has 0 radical (unpaired) electrons. The molecular weight excluding hydrogens is 314 g/mol. The summed E-state index contributed by atoms with van der Waals surface area (Å²) in [5.74, 6) is 0.975. The first kappa shape index (κ1) is 15.4. The van der Waals surface area contributed by atoms with Crippen LogP contribution >= 0.6 is 11.8 Å². The molecule has 118 valence electrons. The summed E-state index contributed by atoms with van der Waals surface area (Å²) in [6.07, 6.45) is 0. The lowest BCUT2D eigenvalue weighted by Gasteiger charge is -2.25. The molecule has 1 amide bonds. The molecule has 0 N–H and O–H groups in total. The van der Waals surface area contributed by atoms with Gasteiger partial charge in [-0.15, -0.1) is 0 Å². The molecule has 3 rings (SSSR count). The predicted molar refractivity (Wildman–Crippen MR) is 87.9 cm³/mol. The zero-order chi connectivity index (χ0) is 16.4. The van der Waals surface area contributed by atoms with Gasteiger partial charge < -0.3 is 9.47 Å². The van der Waals surface area contributed by atoms with E-state index < -0.39 is 0 Å². The molecule has 1 unspecified atom stereocenters. The van der Waals surface area contributed by atoms with Crippen LogP contribution in [0.4, 0.5) is 5.69 Å². The highest BCUT2D eigenvalue weighted by atomic mass is 32.2. The SMILES string of the molecule is COc1ccc(OC=O)c(C2Sc3ccccc3N2C(C)=O)c1. The Kier molecular flexibility index (Phi) is 4.25. The van der Waals surface area contributed by atoms with Gasteiger partial charge in [0.1, 0.15) is 16.9 Å². The first-order valence-corrected chi connectivity index (χ1v) is 7.87. The van der Waals surface area contributed by atoms with Gasteiger partial charge in [-0.1, -0.05) is 23.9 Å². The zero-order valence-corrected chi connectivity index (χ0v) is 13.5. The van der Waals surface area contributed by atoms with Gasteiger partial charge in [0, 0.05) is 17.4 Å². The van der Waals surface area contributed by atoms with Gasteiger partial charge in [0.05, 0.1) is 12.8 Å². The lowest BCUT2D eigenvalue weighted by atomic mass is 10.1. The van der Waals surface area contributed by atoms with Crippen LogP contribution < -0.4 is 14.4 Å². The molecule has 1 atom stereocenters. The van der Waals surface area contributed by atoms with Crippen molar-refractivity contribution in [2.24, 2.45) is 0 Å².